The summed E-state index contributed by atoms with van der Waals surface area (Å²) in [5.41, 5.74) is 2.73. The van der Waals surface area contributed by atoms with Crippen molar-refractivity contribution >= 4 is 23.6 Å². The highest BCUT2D eigenvalue weighted by atomic mass is 35.5. The normalized spacial score (nSPS) is 10.9. The molecule has 0 aliphatic heterocycles. The largest absolute Gasteiger partial charge is 0.493 e. The number of hydrogen-bond donors (Lipinski definition) is 0. The van der Waals surface area contributed by atoms with Gasteiger partial charge in [-0.3, -0.25) is 0 Å². The first-order valence-corrected chi connectivity index (χ1v) is 9.76. The number of carbonyl (C=O) groups excluding carboxylic acids is 1. The molecule has 2 aromatic rings. The van der Waals surface area contributed by atoms with Gasteiger partial charge in [-0.15, -0.1) is 0 Å². The maximum atomic E-state index is 11.8. The fraction of sp³-hybridized carbons (Fsp3) is 0.304. The molecule has 0 N–H and O–H groups in total. The second kappa shape index (κ2) is 11.1. The van der Waals surface area contributed by atoms with Gasteiger partial charge in [-0.2, -0.15) is 5.26 Å². The Balaban J connectivity index is 2.09. The molecule has 2 aromatic carbocycles. The monoisotopic (exact) mass is 429 g/mol. The Morgan fingerprint density at radius 1 is 1.13 bits per heavy atom. The van der Waals surface area contributed by atoms with Crippen molar-refractivity contribution in [2.75, 3.05) is 26.9 Å². The molecule has 0 saturated carbocycles. The van der Waals surface area contributed by atoms with Crippen molar-refractivity contribution in [2.45, 2.75) is 20.8 Å². The number of halogens is 1. The quantitative estimate of drug-likeness (QED) is 0.244. The van der Waals surface area contributed by atoms with Crippen molar-refractivity contribution in [3.8, 4) is 23.3 Å². The molecule has 0 bridgehead atoms. The van der Waals surface area contributed by atoms with Crippen LogP contribution in [-0.2, 0) is 9.53 Å². The van der Waals surface area contributed by atoms with E-state index in [0.29, 0.717) is 23.7 Å². The highest BCUT2D eigenvalue weighted by molar-refractivity contribution is 6.32. The predicted molar refractivity (Wildman–Crippen MR) is 115 cm³/mol. The Morgan fingerprint density at radius 2 is 1.87 bits per heavy atom. The zero-order chi connectivity index (χ0) is 22.1. The summed E-state index contributed by atoms with van der Waals surface area (Å²) in [4.78, 5) is 11.8. The smallest absolute Gasteiger partial charge is 0.348 e. The molecule has 0 unspecified atom stereocenters. The Labute approximate surface area is 181 Å². The lowest BCUT2D eigenvalue weighted by Gasteiger charge is -2.14. The first kappa shape index (κ1) is 23.1. The van der Waals surface area contributed by atoms with E-state index in [1.54, 1.807) is 19.1 Å². The second-order valence-electron chi connectivity index (χ2n) is 6.37. The van der Waals surface area contributed by atoms with Gasteiger partial charge in [0.1, 0.15) is 30.6 Å². The molecule has 0 aliphatic rings. The Hall–Kier alpha value is -3.17. The average Bonchev–Trinajstić information content (AvgIpc) is 2.72. The zero-order valence-corrected chi connectivity index (χ0v) is 18.2. The molecule has 0 saturated heterocycles. The van der Waals surface area contributed by atoms with Gasteiger partial charge in [-0.05, 0) is 67.8 Å². The van der Waals surface area contributed by atoms with Crippen molar-refractivity contribution in [3.05, 3.63) is 57.6 Å². The number of carbonyl (C=O) groups is 1. The van der Waals surface area contributed by atoms with Crippen LogP contribution in [0.1, 0.15) is 23.6 Å². The van der Waals surface area contributed by atoms with Gasteiger partial charge in [0.2, 0.25) is 0 Å². The zero-order valence-electron chi connectivity index (χ0n) is 17.5. The van der Waals surface area contributed by atoms with E-state index in [4.69, 9.17) is 30.5 Å². The van der Waals surface area contributed by atoms with E-state index < -0.39 is 5.97 Å². The Bertz CT molecular complexity index is 978. The van der Waals surface area contributed by atoms with E-state index in [-0.39, 0.29) is 23.8 Å². The first-order chi connectivity index (χ1) is 14.4. The molecule has 0 amide bonds. The molecule has 0 aromatic heterocycles. The SMILES string of the molecule is CCOC(=O)/C(C#N)=C/c1cc(Cl)c(OCCOc2ccc(C)c(C)c2)c(OC)c1. The van der Waals surface area contributed by atoms with Crippen molar-refractivity contribution in [1.82, 2.24) is 0 Å². The van der Waals surface area contributed by atoms with Gasteiger partial charge in [-0.25, -0.2) is 4.79 Å². The topological polar surface area (TPSA) is 77.8 Å². The fourth-order valence-electron chi connectivity index (χ4n) is 2.58. The lowest BCUT2D eigenvalue weighted by molar-refractivity contribution is -0.137. The average molecular weight is 430 g/mol. The van der Waals surface area contributed by atoms with Crippen LogP contribution in [0.4, 0.5) is 0 Å². The summed E-state index contributed by atoms with van der Waals surface area (Å²) in [6, 6.07) is 10.9. The number of nitrogens with zero attached hydrogens (tertiary/aromatic N) is 1. The Kier molecular flexibility index (Phi) is 8.57. The van der Waals surface area contributed by atoms with Gasteiger partial charge >= 0.3 is 5.97 Å². The number of hydrogen-bond acceptors (Lipinski definition) is 6. The molecule has 30 heavy (non-hydrogen) atoms. The highest BCUT2D eigenvalue weighted by Crippen LogP contribution is 2.37. The molecule has 2 rings (SSSR count). The van der Waals surface area contributed by atoms with E-state index >= 15 is 0 Å². The molecule has 7 heteroatoms. The van der Waals surface area contributed by atoms with Gasteiger partial charge in [0.25, 0.3) is 0 Å². The maximum absolute atomic E-state index is 11.8. The van der Waals surface area contributed by atoms with Gasteiger partial charge in [0.05, 0.1) is 18.7 Å². The third-order valence-corrected chi connectivity index (χ3v) is 4.54. The number of nitriles is 1. The molecule has 0 fully saturated rings. The summed E-state index contributed by atoms with van der Waals surface area (Å²) in [6.45, 7) is 6.50. The molecule has 0 aliphatic carbocycles. The van der Waals surface area contributed by atoms with Crippen molar-refractivity contribution < 1.29 is 23.7 Å². The summed E-state index contributed by atoms with van der Waals surface area (Å²) in [7, 11) is 1.48. The van der Waals surface area contributed by atoms with Crippen LogP contribution in [0.15, 0.2) is 35.9 Å². The second-order valence-corrected chi connectivity index (χ2v) is 6.77. The van der Waals surface area contributed by atoms with Gasteiger partial charge in [0, 0.05) is 0 Å². The van der Waals surface area contributed by atoms with Gasteiger partial charge in [-0.1, -0.05) is 17.7 Å². The van der Waals surface area contributed by atoms with E-state index in [9.17, 15) is 10.1 Å². The first-order valence-electron chi connectivity index (χ1n) is 9.38. The van der Waals surface area contributed by atoms with Crippen LogP contribution in [0.5, 0.6) is 17.2 Å². The minimum Gasteiger partial charge on any atom is -0.493 e. The lowest BCUT2D eigenvalue weighted by atomic mass is 10.1. The van der Waals surface area contributed by atoms with Crippen molar-refractivity contribution in [3.63, 3.8) is 0 Å². The van der Waals surface area contributed by atoms with E-state index in [1.165, 1.54) is 18.7 Å². The third kappa shape index (κ3) is 6.16. The van der Waals surface area contributed by atoms with Crippen LogP contribution in [0.3, 0.4) is 0 Å². The number of esters is 1. The van der Waals surface area contributed by atoms with Gasteiger partial charge < -0.3 is 18.9 Å². The molecule has 0 heterocycles. The predicted octanol–water partition coefficient (Wildman–Crippen LogP) is 4.89. The van der Waals surface area contributed by atoms with Crippen LogP contribution in [-0.4, -0.2) is 32.9 Å². The Morgan fingerprint density at radius 3 is 2.50 bits per heavy atom. The number of aryl methyl sites for hydroxylation is 2. The number of ether oxygens (including phenoxy) is 4. The van der Waals surface area contributed by atoms with Crippen LogP contribution in [0.2, 0.25) is 5.02 Å². The molecule has 0 atom stereocenters. The molecule has 158 valence electrons. The van der Waals surface area contributed by atoms with E-state index in [0.717, 1.165) is 11.3 Å². The highest BCUT2D eigenvalue weighted by Gasteiger charge is 2.14. The number of benzene rings is 2. The van der Waals surface area contributed by atoms with Crippen LogP contribution in [0.25, 0.3) is 6.08 Å². The maximum Gasteiger partial charge on any atom is 0.348 e. The van der Waals surface area contributed by atoms with Crippen molar-refractivity contribution in [1.29, 1.82) is 5.26 Å². The van der Waals surface area contributed by atoms with Crippen LogP contribution >= 0.6 is 11.6 Å². The summed E-state index contributed by atoms with van der Waals surface area (Å²) in [6.07, 6.45) is 1.39. The number of methoxy groups -OCH3 is 1. The van der Waals surface area contributed by atoms with Gasteiger partial charge in [0.15, 0.2) is 11.5 Å². The molecule has 0 spiro atoms. The lowest BCUT2D eigenvalue weighted by Crippen LogP contribution is -2.10. The molecule has 6 nitrogen and oxygen atoms in total. The summed E-state index contributed by atoms with van der Waals surface area (Å²) in [5, 5.41) is 9.47. The minimum atomic E-state index is -0.695. The molecule has 0 radical (unpaired) electrons. The number of rotatable bonds is 9. The van der Waals surface area contributed by atoms with Crippen LogP contribution < -0.4 is 14.2 Å². The summed E-state index contributed by atoms with van der Waals surface area (Å²) in [5.74, 6) is 0.804. The van der Waals surface area contributed by atoms with Crippen molar-refractivity contribution in [2.24, 2.45) is 0 Å². The minimum absolute atomic E-state index is 0.134. The van der Waals surface area contributed by atoms with Crippen LogP contribution in [0, 0.1) is 25.2 Å². The summed E-state index contributed by atoms with van der Waals surface area (Å²) < 4.78 is 21.7. The fourth-order valence-corrected chi connectivity index (χ4v) is 2.86. The molecular formula is C23H24ClNO5. The molecular weight excluding hydrogens is 406 g/mol. The third-order valence-electron chi connectivity index (χ3n) is 4.26. The standard InChI is InChI=1S/C23H24ClNO5/c1-5-28-23(26)18(14-25)11-17-12-20(24)22(21(13-17)27-4)30-9-8-29-19-7-6-15(2)16(3)10-19/h6-7,10-13H,5,8-9H2,1-4H3/b18-11+. The van der Waals surface area contributed by atoms with E-state index in [1.807, 2.05) is 38.1 Å². The van der Waals surface area contributed by atoms with E-state index in [2.05, 4.69) is 0 Å². The summed E-state index contributed by atoms with van der Waals surface area (Å²) >= 11 is 6.34.